The first-order valence-corrected chi connectivity index (χ1v) is 7.76. The standard InChI is InChI=1S/C15H21BrClN/c1-10-9-15(2,3)7-6-14(10)18-11-4-5-13(17)12(16)8-11/h4-5,8,10,14,18H,6-7,9H2,1-3H3. The molecule has 1 aliphatic rings. The van der Waals surface area contributed by atoms with Crippen LogP contribution in [0.15, 0.2) is 22.7 Å². The Kier molecular flexibility index (Phi) is 4.28. The van der Waals surface area contributed by atoms with Crippen LogP contribution in [-0.4, -0.2) is 6.04 Å². The molecule has 0 amide bonds. The maximum Gasteiger partial charge on any atom is 0.0549 e. The van der Waals surface area contributed by atoms with Gasteiger partial charge in [0, 0.05) is 16.2 Å². The normalized spacial score (nSPS) is 26.9. The van der Waals surface area contributed by atoms with Crippen LogP contribution in [0.2, 0.25) is 5.02 Å². The molecule has 0 spiro atoms. The van der Waals surface area contributed by atoms with Crippen LogP contribution in [0.1, 0.15) is 40.0 Å². The Labute approximate surface area is 123 Å². The third-order valence-electron chi connectivity index (χ3n) is 3.97. The molecule has 2 atom stereocenters. The molecule has 0 bridgehead atoms. The number of nitrogens with one attached hydrogen (secondary N) is 1. The van der Waals surface area contributed by atoms with Crippen LogP contribution in [0.25, 0.3) is 0 Å². The topological polar surface area (TPSA) is 12.0 Å². The third-order valence-corrected chi connectivity index (χ3v) is 5.18. The minimum absolute atomic E-state index is 0.498. The van der Waals surface area contributed by atoms with Crippen LogP contribution < -0.4 is 5.32 Å². The summed E-state index contributed by atoms with van der Waals surface area (Å²) in [6.45, 7) is 7.10. The van der Waals surface area contributed by atoms with Gasteiger partial charge in [0.1, 0.15) is 0 Å². The van der Waals surface area contributed by atoms with Crippen molar-refractivity contribution < 1.29 is 0 Å². The molecule has 1 N–H and O–H groups in total. The first-order valence-electron chi connectivity index (χ1n) is 6.59. The first-order chi connectivity index (χ1) is 8.37. The van der Waals surface area contributed by atoms with Crippen LogP contribution >= 0.6 is 27.5 Å². The van der Waals surface area contributed by atoms with Crippen LogP contribution in [0.4, 0.5) is 5.69 Å². The van der Waals surface area contributed by atoms with E-state index in [-0.39, 0.29) is 0 Å². The van der Waals surface area contributed by atoms with E-state index >= 15 is 0 Å². The Morgan fingerprint density at radius 2 is 2.11 bits per heavy atom. The number of benzene rings is 1. The highest BCUT2D eigenvalue weighted by Gasteiger charge is 2.32. The minimum Gasteiger partial charge on any atom is -0.382 e. The molecule has 0 saturated heterocycles. The van der Waals surface area contributed by atoms with Gasteiger partial charge in [0.2, 0.25) is 0 Å². The van der Waals surface area contributed by atoms with Crippen LogP contribution in [0.3, 0.4) is 0 Å². The predicted molar refractivity (Wildman–Crippen MR) is 83.4 cm³/mol. The van der Waals surface area contributed by atoms with Gasteiger partial charge in [-0.1, -0.05) is 32.4 Å². The van der Waals surface area contributed by atoms with E-state index < -0.39 is 0 Å². The lowest BCUT2D eigenvalue weighted by atomic mass is 9.70. The zero-order chi connectivity index (χ0) is 13.3. The van der Waals surface area contributed by atoms with Crippen molar-refractivity contribution in [3.63, 3.8) is 0 Å². The quantitative estimate of drug-likeness (QED) is 0.730. The average molecular weight is 331 g/mol. The molecule has 1 aromatic rings. The lowest BCUT2D eigenvalue weighted by Gasteiger charge is -2.40. The predicted octanol–water partition coefficient (Wildman–Crippen LogP) is 5.73. The highest BCUT2D eigenvalue weighted by atomic mass is 79.9. The molecule has 18 heavy (non-hydrogen) atoms. The van der Waals surface area contributed by atoms with Gasteiger partial charge in [0.05, 0.1) is 5.02 Å². The molecule has 100 valence electrons. The van der Waals surface area contributed by atoms with Crippen molar-refractivity contribution in [3.05, 3.63) is 27.7 Å². The van der Waals surface area contributed by atoms with Gasteiger partial charge in [0.25, 0.3) is 0 Å². The summed E-state index contributed by atoms with van der Waals surface area (Å²) < 4.78 is 0.956. The molecular formula is C15H21BrClN. The Balaban J connectivity index is 2.03. The lowest BCUT2D eigenvalue weighted by Crippen LogP contribution is -2.36. The zero-order valence-corrected chi connectivity index (χ0v) is 13.6. The Morgan fingerprint density at radius 3 is 2.72 bits per heavy atom. The van der Waals surface area contributed by atoms with Crippen LogP contribution in [-0.2, 0) is 0 Å². The molecule has 1 nitrogen and oxygen atoms in total. The fourth-order valence-electron chi connectivity index (χ4n) is 2.96. The molecular weight excluding hydrogens is 310 g/mol. The largest absolute Gasteiger partial charge is 0.382 e. The summed E-state index contributed by atoms with van der Waals surface area (Å²) in [6.07, 6.45) is 3.83. The summed E-state index contributed by atoms with van der Waals surface area (Å²) in [5.41, 5.74) is 1.65. The van der Waals surface area contributed by atoms with Gasteiger partial charge in [0.15, 0.2) is 0 Å². The minimum atomic E-state index is 0.498. The number of halogens is 2. The van der Waals surface area contributed by atoms with Crippen molar-refractivity contribution in [1.29, 1.82) is 0 Å². The monoisotopic (exact) mass is 329 g/mol. The molecule has 1 fully saturated rings. The van der Waals surface area contributed by atoms with Gasteiger partial charge >= 0.3 is 0 Å². The summed E-state index contributed by atoms with van der Waals surface area (Å²) in [5.74, 6) is 0.711. The van der Waals surface area contributed by atoms with Crippen molar-refractivity contribution in [2.75, 3.05) is 5.32 Å². The van der Waals surface area contributed by atoms with Gasteiger partial charge in [-0.25, -0.2) is 0 Å². The zero-order valence-electron chi connectivity index (χ0n) is 11.3. The van der Waals surface area contributed by atoms with E-state index in [2.05, 4.69) is 54.2 Å². The van der Waals surface area contributed by atoms with E-state index in [0.717, 1.165) is 15.2 Å². The first kappa shape index (κ1) is 14.2. The fourth-order valence-corrected chi connectivity index (χ4v) is 3.46. The van der Waals surface area contributed by atoms with Gasteiger partial charge in [-0.2, -0.15) is 0 Å². The molecule has 2 rings (SSSR count). The van der Waals surface area contributed by atoms with E-state index in [1.165, 1.54) is 19.3 Å². The summed E-state index contributed by atoms with van der Waals surface area (Å²) in [7, 11) is 0. The van der Waals surface area contributed by atoms with Crippen molar-refractivity contribution in [3.8, 4) is 0 Å². The van der Waals surface area contributed by atoms with Gasteiger partial charge in [-0.3, -0.25) is 0 Å². The summed E-state index contributed by atoms with van der Waals surface area (Å²) >= 11 is 9.49. The number of anilines is 1. The fraction of sp³-hybridized carbons (Fsp3) is 0.600. The van der Waals surface area contributed by atoms with Crippen molar-refractivity contribution >= 4 is 33.2 Å². The van der Waals surface area contributed by atoms with E-state index in [1.54, 1.807) is 0 Å². The summed E-state index contributed by atoms with van der Waals surface area (Å²) in [5, 5.41) is 4.41. The second-order valence-electron chi connectivity index (χ2n) is 6.26. The van der Waals surface area contributed by atoms with E-state index in [4.69, 9.17) is 11.6 Å². The Hall–Kier alpha value is -0.210. The van der Waals surface area contributed by atoms with E-state index in [1.807, 2.05) is 6.07 Å². The van der Waals surface area contributed by atoms with Crippen molar-refractivity contribution in [2.24, 2.45) is 11.3 Å². The van der Waals surface area contributed by atoms with Gasteiger partial charge in [-0.05, 0) is 64.7 Å². The summed E-state index contributed by atoms with van der Waals surface area (Å²) in [6, 6.07) is 6.63. The second-order valence-corrected chi connectivity index (χ2v) is 7.53. The number of rotatable bonds is 2. The van der Waals surface area contributed by atoms with Gasteiger partial charge in [-0.15, -0.1) is 0 Å². The van der Waals surface area contributed by atoms with Crippen molar-refractivity contribution in [2.45, 2.75) is 46.1 Å². The Bertz CT molecular complexity index is 431. The molecule has 0 radical (unpaired) electrons. The maximum atomic E-state index is 6.01. The number of hydrogen-bond donors (Lipinski definition) is 1. The highest BCUT2D eigenvalue weighted by Crippen LogP contribution is 2.39. The molecule has 0 heterocycles. The SMILES string of the molecule is CC1CC(C)(C)CCC1Nc1ccc(Cl)c(Br)c1. The average Bonchev–Trinajstić information content (AvgIpc) is 2.27. The molecule has 1 saturated carbocycles. The Morgan fingerprint density at radius 1 is 1.39 bits per heavy atom. The molecule has 0 aromatic heterocycles. The smallest absolute Gasteiger partial charge is 0.0549 e. The molecule has 1 aliphatic carbocycles. The number of hydrogen-bond acceptors (Lipinski definition) is 1. The lowest BCUT2D eigenvalue weighted by molar-refractivity contribution is 0.177. The van der Waals surface area contributed by atoms with E-state index in [9.17, 15) is 0 Å². The molecule has 0 aliphatic heterocycles. The second kappa shape index (κ2) is 5.42. The van der Waals surface area contributed by atoms with Gasteiger partial charge < -0.3 is 5.32 Å². The molecule has 2 unspecified atom stereocenters. The molecule has 3 heteroatoms. The maximum absolute atomic E-state index is 6.01. The highest BCUT2D eigenvalue weighted by molar-refractivity contribution is 9.10. The van der Waals surface area contributed by atoms with Crippen LogP contribution in [0, 0.1) is 11.3 Å². The van der Waals surface area contributed by atoms with Crippen molar-refractivity contribution in [1.82, 2.24) is 0 Å². The van der Waals surface area contributed by atoms with E-state index in [0.29, 0.717) is 17.4 Å². The third kappa shape index (κ3) is 3.42. The van der Waals surface area contributed by atoms with Crippen LogP contribution in [0.5, 0.6) is 0 Å². The molecule has 1 aromatic carbocycles. The summed E-state index contributed by atoms with van der Waals surface area (Å²) in [4.78, 5) is 0.